The maximum Gasteiger partial charge on any atom is 0.159 e. The van der Waals surface area contributed by atoms with E-state index in [-0.39, 0.29) is 11.6 Å². The maximum absolute atomic E-state index is 14.4. The third-order valence-electron chi connectivity index (χ3n) is 5.37. The Balaban J connectivity index is 1.52. The van der Waals surface area contributed by atoms with Gasteiger partial charge in [0.25, 0.3) is 0 Å². The highest BCUT2D eigenvalue weighted by molar-refractivity contribution is 5.97. The Morgan fingerprint density at radius 1 is 0.875 bits per heavy atom. The van der Waals surface area contributed by atoms with Crippen molar-refractivity contribution < 1.29 is 9.50 Å². The van der Waals surface area contributed by atoms with E-state index in [0.717, 1.165) is 16.4 Å². The van der Waals surface area contributed by atoms with Crippen molar-refractivity contribution in [1.82, 2.24) is 30.1 Å². The Hall–Kier alpha value is -4.59. The zero-order valence-electron chi connectivity index (χ0n) is 16.5. The smallest absolute Gasteiger partial charge is 0.159 e. The number of pyridine rings is 2. The summed E-state index contributed by atoms with van der Waals surface area (Å²) in [5, 5.41) is 18.0. The summed E-state index contributed by atoms with van der Waals surface area (Å²) in [5.74, 6) is 0.321. The van der Waals surface area contributed by atoms with Crippen molar-refractivity contribution >= 4 is 21.9 Å². The number of H-pyrrole nitrogens is 2. The molecule has 0 saturated heterocycles. The molecule has 0 aliphatic heterocycles. The maximum atomic E-state index is 14.4. The molecule has 0 aliphatic rings. The van der Waals surface area contributed by atoms with Gasteiger partial charge in [0.1, 0.15) is 17.3 Å². The van der Waals surface area contributed by atoms with Gasteiger partial charge in [-0.3, -0.25) is 15.1 Å². The first-order chi connectivity index (χ1) is 15.7. The second kappa shape index (κ2) is 6.98. The second-order valence-corrected chi connectivity index (χ2v) is 7.39. The van der Waals surface area contributed by atoms with Gasteiger partial charge in [0.05, 0.1) is 34.6 Å². The topological polar surface area (TPSA) is 103 Å². The summed E-state index contributed by atoms with van der Waals surface area (Å²) in [5.41, 5.74) is 5.33. The summed E-state index contributed by atoms with van der Waals surface area (Å²) in [4.78, 5) is 16.5. The van der Waals surface area contributed by atoms with Crippen molar-refractivity contribution in [3.8, 4) is 39.7 Å². The van der Waals surface area contributed by atoms with Crippen LogP contribution in [0.2, 0.25) is 0 Å². The molecule has 6 rings (SSSR count). The average molecular weight is 422 g/mol. The quantitative estimate of drug-likeness (QED) is 0.369. The number of imidazole rings is 1. The molecule has 0 amide bonds. The monoisotopic (exact) mass is 422 g/mol. The molecule has 0 saturated carbocycles. The molecule has 4 aromatic heterocycles. The third-order valence-corrected chi connectivity index (χ3v) is 5.37. The number of hydrogen-bond acceptors (Lipinski definition) is 5. The minimum absolute atomic E-state index is 0.0646. The number of nitrogens with one attached hydrogen (secondary N) is 2. The fourth-order valence-corrected chi connectivity index (χ4v) is 3.86. The number of para-hydroxylation sites is 1. The first-order valence-corrected chi connectivity index (χ1v) is 9.90. The van der Waals surface area contributed by atoms with Crippen LogP contribution < -0.4 is 0 Å². The number of aromatic hydroxyl groups is 1. The molecule has 6 aromatic rings. The van der Waals surface area contributed by atoms with E-state index < -0.39 is 0 Å². The lowest BCUT2D eigenvalue weighted by Crippen LogP contribution is -1.86. The van der Waals surface area contributed by atoms with Crippen molar-refractivity contribution in [3.05, 3.63) is 79.0 Å². The summed E-state index contributed by atoms with van der Waals surface area (Å²) >= 11 is 0. The highest BCUT2D eigenvalue weighted by atomic mass is 19.1. The van der Waals surface area contributed by atoms with Crippen LogP contribution in [0.1, 0.15) is 0 Å². The number of halogens is 1. The Bertz CT molecular complexity index is 1620. The molecule has 4 heterocycles. The Labute approximate surface area is 180 Å². The molecular weight excluding hydrogens is 407 g/mol. The summed E-state index contributed by atoms with van der Waals surface area (Å²) in [6, 6.07) is 15.7. The van der Waals surface area contributed by atoms with Gasteiger partial charge in [0.2, 0.25) is 0 Å². The van der Waals surface area contributed by atoms with E-state index in [9.17, 15) is 9.50 Å². The van der Waals surface area contributed by atoms with Crippen LogP contribution in [-0.2, 0) is 0 Å². The van der Waals surface area contributed by atoms with Crippen LogP contribution in [0.5, 0.6) is 5.75 Å². The van der Waals surface area contributed by atoms with Gasteiger partial charge in [-0.1, -0.05) is 30.3 Å². The fourth-order valence-electron chi connectivity index (χ4n) is 3.86. The molecule has 7 nitrogen and oxygen atoms in total. The van der Waals surface area contributed by atoms with Gasteiger partial charge < -0.3 is 10.1 Å². The highest BCUT2D eigenvalue weighted by Crippen LogP contribution is 2.33. The SMILES string of the molecule is Oc1cncc(-c2cc3c(-c4nc5c(-c6ccccc6F)cccc5[nH]4)n[nH]c3cn2)c1. The number of aromatic nitrogens is 6. The van der Waals surface area contributed by atoms with Gasteiger partial charge in [0.15, 0.2) is 5.82 Å². The van der Waals surface area contributed by atoms with E-state index in [2.05, 4.69) is 25.1 Å². The van der Waals surface area contributed by atoms with Crippen molar-refractivity contribution in [1.29, 1.82) is 0 Å². The molecule has 2 aromatic carbocycles. The van der Waals surface area contributed by atoms with E-state index in [1.165, 1.54) is 12.3 Å². The number of rotatable bonds is 3. The molecule has 0 fully saturated rings. The van der Waals surface area contributed by atoms with Gasteiger partial charge in [-0.2, -0.15) is 5.10 Å². The molecule has 0 radical (unpaired) electrons. The van der Waals surface area contributed by atoms with Crippen LogP contribution in [-0.4, -0.2) is 35.2 Å². The number of nitrogens with zero attached hydrogens (tertiary/aromatic N) is 4. The lowest BCUT2D eigenvalue weighted by Gasteiger charge is -2.03. The van der Waals surface area contributed by atoms with Crippen LogP contribution in [0.4, 0.5) is 4.39 Å². The first-order valence-electron chi connectivity index (χ1n) is 9.90. The van der Waals surface area contributed by atoms with E-state index >= 15 is 0 Å². The largest absolute Gasteiger partial charge is 0.506 e. The van der Waals surface area contributed by atoms with E-state index in [1.807, 2.05) is 24.3 Å². The van der Waals surface area contributed by atoms with E-state index in [0.29, 0.717) is 39.4 Å². The average Bonchev–Trinajstić information content (AvgIpc) is 3.43. The number of benzene rings is 2. The normalized spacial score (nSPS) is 11.4. The first kappa shape index (κ1) is 18.2. The molecule has 8 heteroatoms. The lowest BCUT2D eigenvalue weighted by atomic mass is 10.0. The molecule has 0 bridgehead atoms. The van der Waals surface area contributed by atoms with Crippen LogP contribution in [0.3, 0.4) is 0 Å². The number of aromatic amines is 2. The fraction of sp³-hybridized carbons (Fsp3) is 0. The third kappa shape index (κ3) is 2.89. The summed E-state index contributed by atoms with van der Waals surface area (Å²) in [7, 11) is 0. The van der Waals surface area contributed by atoms with Gasteiger partial charge in [-0.05, 0) is 24.3 Å². The molecular formula is C24H15FN6O. The zero-order valence-corrected chi connectivity index (χ0v) is 16.5. The van der Waals surface area contributed by atoms with Gasteiger partial charge in [-0.15, -0.1) is 0 Å². The van der Waals surface area contributed by atoms with Gasteiger partial charge >= 0.3 is 0 Å². The molecule has 32 heavy (non-hydrogen) atoms. The molecule has 3 N–H and O–H groups in total. The van der Waals surface area contributed by atoms with E-state index in [1.54, 1.807) is 36.7 Å². The van der Waals surface area contributed by atoms with Crippen LogP contribution in [0.25, 0.3) is 55.8 Å². The van der Waals surface area contributed by atoms with Crippen LogP contribution in [0.15, 0.2) is 73.2 Å². The van der Waals surface area contributed by atoms with Crippen LogP contribution >= 0.6 is 0 Å². The second-order valence-electron chi connectivity index (χ2n) is 7.39. The summed E-state index contributed by atoms with van der Waals surface area (Å²) < 4.78 is 14.4. The molecule has 0 aliphatic carbocycles. The minimum atomic E-state index is -0.301. The van der Waals surface area contributed by atoms with Gasteiger partial charge in [0, 0.05) is 28.3 Å². The highest BCUT2D eigenvalue weighted by Gasteiger charge is 2.17. The van der Waals surface area contributed by atoms with Crippen molar-refractivity contribution in [2.75, 3.05) is 0 Å². The Kier molecular flexibility index (Phi) is 3.97. The van der Waals surface area contributed by atoms with Crippen molar-refractivity contribution in [2.45, 2.75) is 0 Å². The molecule has 154 valence electrons. The Morgan fingerprint density at radius 3 is 2.62 bits per heavy atom. The van der Waals surface area contributed by atoms with Crippen LogP contribution in [0, 0.1) is 5.82 Å². The predicted molar refractivity (Wildman–Crippen MR) is 119 cm³/mol. The van der Waals surface area contributed by atoms with Crippen molar-refractivity contribution in [2.24, 2.45) is 0 Å². The summed E-state index contributed by atoms with van der Waals surface area (Å²) in [6.45, 7) is 0. The standard InChI is InChI=1S/C24H15FN6O/c25-18-6-2-1-4-15(18)16-5-3-7-19-22(16)29-24(28-19)23-17-9-20(27-12-21(17)30-31-23)13-8-14(32)11-26-10-13/h1-12,32H,(H,28,29)(H,30,31). The predicted octanol–water partition coefficient (Wildman–Crippen LogP) is 5.07. The number of hydrogen-bond donors (Lipinski definition) is 3. The molecule has 0 spiro atoms. The lowest BCUT2D eigenvalue weighted by molar-refractivity contribution is 0.473. The van der Waals surface area contributed by atoms with E-state index in [4.69, 9.17) is 4.98 Å². The minimum Gasteiger partial charge on any atom is -0.506 e. The number of fused-ring (bicyclic) bond motifs is 2. The summed E-state index contributed by atoms with van der Waals surface area (Å²) in [6.07, 6.45) is 4.68. The zero-order chi connectivity index (χ0) is 21.7. The molecule has 0 atom stereocenters. The molecule has 0 unspecified atom stereocenters. The Morgan fingerprint density at radius 2 is 1.75 bits per heavy atom. The van der Waals surface area contributed by atoms with Crippen molar-refractivity contribution in [3.63, 3.8) is 0 Å². The van der Waals surface area contributed by atoms with Gasteiger partial charge in [-0.25, -0.2) is 9.37 Å².